The normalized spacial score (nSPS) is 11.7. The number of hydrogen-bond acceptors (Lipinski definition) is 2. The van der Waals surface area contributed by atoms with Crippen LogP contribution in [0.3, 0.4) is 0 Å². The summed E-state index contributed by atoms with van der Waals surface area (Å²) in [4.78, 5) is 5.55. The SMILES string of the molecule is CCCCCCCCN(CCCCCC)Cc1ccccc1-c1ccccc1CN(CCCCCC)CCCCCCCC. The fourth-order valence-corrected chi connectivity index (χ4v) is 6.62. The molecule has 44 heavy (non-hydrogen) atoms. The number of hydrogen-bond donors (Lipinski definition) is 0. The summed E-state index contributed by atoms with van der Waals surface area (Å²) in [5.41, 5.74) is 5.92. The Morgan fingerprint density at radius 3 is 0.955 bits per heavy atom. The van der Waals surface area contributed by atoms with Crippen molar-refractivity contribution in [3.63, 3.8) is 0 Å². The Morgan fingerprint density at radius 1 is 0.341 bits per heavy atom. The highest BCUT2D eigenvalue weighted by atomic mass is 15.1. The second kappa shape index (κ2) is 26.6. The Balaban J connectivity index is 2.16. The fourth-order valence-electron chi connectivity index (χ4n) is 6.62. The van der Waals surface area contributed by atoms with Gasteiger partial charge in [0.05, 0.1) is 0 Å². The second-order valence-electron chi connectivity index (χ2n) is 13.5. The molecule has 250 valence electrons. The van der Waals surface area contributed by atoms with E-state index in [1.54, 1.807) is 0 Å². The van der Waals surface area contributed by atoms with E-state index in [0.717, 1.165) is 13.1 Å². The highest BCUT2D eigenvalue weighted by molar-refractivity contribution is 5.70. The molecule has 0 bridgehead atoms. The van der Waals surface area contributed by atoms with Crippen molar-refractivity contribution in [2.75, 3.05) is 26.2 Å². The van der Waals surface area contributed by atoms with Crippen LogP contribution in [0.4, 0.5) is 0 Å². The first-order valence-corrected chi connectivity index (χ1v) is 19.3. The van der Waals surface area contributed by atoms with E-state index in [1.165, 1.54) is 177 Å². The summed E-state index contributed by atoms with van der Waals surface area (Å²) in [6, 6.07) is 18.7. The Hall–Kier alpha value is -1.64. The molecule has 0 atom stereocenters. The first kappa shape index (κ1) is 38.5. The highest BCUT2D eigenvalue weighted by Gasteiger charge is 2.15. The minimum atomic E-state index is 1.07. The molecule has 0 aliphatic heterocycles. The molecule has 2 heteroatoms. The maximum atomic E-state index is 2.77. The molecule has 0 heterocycles. The van der Waals surface area contributed by atoms with Crippen LogP contribution in [-0.4, -0.2) is 36.0 Å². The van der Waals surface area contributed by atoms with E-state index in [-0.39, 0.29) is 0 Å². The first-order chi connectivity index (χ1) is 21.7. The van der Waals surface area contributed by atoms with Crippen LogP contribution >= 0.6 is 0 Å². The topological polar surface area (TPSA) is 6.48 Å². The van der Waals surface area contributed by atoms with Crippen molar-refractivity contribution in [3.8, 4) is 11.1 Å². The largest absolute Gasteiger partial charge is 0.299 e. The standard InChI is InChI=1S/C42H72N2/c1-5-9-13-17-19-27-35-43(33-25-15-11-7-3)37-39-29-21-23-31-41(39)42-32-24-22-30-40(42)38-44(34-26-16-12-8-4)36-28-20-18-14-10-6-2/h21-24,29-32H,5-20,25-28,33-38H2,1-4H3. The average Bonchev–Trinajstić information content (AvgIpc) is 3.05. The van der Waals surface area contributed by atoms with Gasteiger partial charge in [-0.2, -0.15) is 0 Å². The zero-order valence-electron chi connectivity index (χ0n) is 29.9. The van der Waals surface area contributed by atoms with Gasteiger partial charge in [-0.25, -0.2) is 0 Å². The molecule has 0 aliphatic rings. The van der Waals surface area contributed by atoms with Gasteiger partial charge in [0.25, 0.3) is 0 Å². The lowest BCUT2D eigenvalue weighted by atomic mass is 9.94. The van der Waals surface area contributed by atoms with E-state index < -0.39 is 0 Å². The molecule has 0 fully saturated rings. The third-order valence-electron chi connectivity index (χ3n) is 9.42. The van der Waals surface area contributed by atoms with Crippen LogP contribution in [0.5, 0.6) is 0 Å². The fraction of sp³-hybridized carbons (Fsp3) is 0.714. The molecule has 0 aromatic heterocycles. The third-order valence-corrected chi connectivity index (χ3v) is 9.42. The van der Waals surface area contributed by atoms with Crippen LogP contribution in [0.25, 0.3) is 11.1 Å². The molecule has 2 aromatic rings. The van der Waals surface area contributed by atoms with Crippen molar-refractivity contribution < 1.29 is 0 Å². The molecule has 0 aliphatic carbocycles. The molecule has 0 saturated heterocycles. The van der Waals surface area contributed by atoms with E-state index in [9.17, 15) is 0 Å². The monoisotopic (exact) mass is 605 g/mol. The molecule has 0 radical (unpaired) electrons. The lowest BCUT2D eigenvalue weighted by Crippen LogP contribution is -2.27. The summed E-state index contributed by atoms with van der Waals surface area (Å²) < 4.78 is 0. The van der Waals surface area contributed by atoms with Crippen molar-refractivity contribution in [1.29, 1.82) is 0 Å². The molecule has 0 N–H and O–H groups in total. The Kier molecular flexibility index (Phi) is 23.3. The summed E-state index contributed by atoms with van der Waals surface area (Å²) in [6.07, 6.45) is 27.2. The zero-order chi connectivity index (χ0) is 31.5. The zero-order valence-corrected chi connectivity index (χ0v) is 29.9. The predicted octanol–water partition coefficient (Wildman–Crippen LogP) is 12.8. The van der Waals surface area contributed by atoms with Gasteiger partial charge in [-0.15, -0.1) is 0 Å². The quantitative estimate of drug-likeness (QED) is 0.0852. The van der Waals surface area contributed by atoms with Gasteiger partial charge in [0, 0.05) is 13.1 Å². The first-order valence-electron chi connectivity index (χ1n) is 19.3. The van der Waals surface area contributed by atoms with E-state index in [4.69, 9.17) is 0 Å². The van der Waals surface area contributed by atoms with Gasteiger partial charge in [-0.1, -0.05) is 179 Å². The average molecular weight is 605 g/mol. The molecule has 2 aromatic carbocycles. The Morgan fingerprint density at radius 2 is 0.614 bits per heavy atom. The molecule has 0 saturated carbocycles. The Labute approximate surface area is 275 Å². The maximum absolute atomic E-state index is 2.77. The summed E-state index contributed by atoms with van der Waals surface area (Å²) in [5.74, 6) is 0. The highest BCUT2D eigenvalue weighted by Crippen LogP contribution is 2.30. The van der Waals surface area contributed by atoms with Crippen LogP contribution in [0, 0.1) is 0 Å². The van der Waals surface area contributed by atoms with Crippen LogP contribution in [-0.2, 0) is 13.1 Å². The lowest BCUT2D eigenvalue weighted by Gasteiger charge is -2.26. The summed E-state index contributed by atoms with van der Waals surface area (Å²) in [6.45, 7) is 16.3. The maximum Gasteiger partial charge on any atom is 0.0239 e. The molecule has 0 spiro atoms. The van der Waals surface area contributed by atoms with Crippen LogP contribution in [0.15, 0.2) is 48.5 Å². The van der Waals surface area contributed by atoms with Gasteiger partial charge in [0.15, 0.2) is 0 Å². The molecule has 2 nitrogen and oxygen atoms in total. The lowest BCUT2D eigenvalue weighted by molar-refractivity contribution is 0.251. The number of nitrogens with zero attached hydrogens (tertiary/aromatic N) is 2. The van der Waals surface area contributed by atoms with E-state index in [0.29, 0.717) is 0 Å². The van der Waals surface area contributed by atoms with Crippen LogP contribution < -0.4 is 0 Å². The summed E-state index contributed by atoms with van der Waals surface area (Å²) in [7, 11) is 0. The number of rotatable bonds is 29. The van der Waals surface area contributed by atoms with Gasteiger partial charge in [0.2, 0.25) is 0 Å². The minimum absolute atomic E-state index is 1.07. The minimum Gasteiger partial charge on any atom is -0.299 e. The van der Waals surface area contributed by atoms with Crippen molar-refractivity contribution >= 4 is 0 Å². The molecular formula is C42H72N2. The van der Waals surface area contributed by atoms with Crippen molar-refractivity contribution in [2.45, 2.75) is 169 Å². The summed E-state index contributed by atoms with van der Waals surface area (Å²) >= 11 is 0. The van der Waals surface area contributed by atoms with Gasteiger partial charge in [-0.3, -0.25) is 9.80 Å². The van der Waals surface area contributed by atoms with Crippen LogP contribution in [0.2, 0.25) is 0 Å². The smallest absolute Gasteiger partial charge is 0.0239 e. The molecular weight excluding hydrogens is 532 g/mol. The van der Waals surface area contributed by atoms with Crippen molar-refractivity contribution in [2.24, 2.45) is 0 Å². The van der Waals surface area contributed by atoms with E-state index in [1.807, 2.05) is 0 Å². The third kappa shape index (κ3) is 17.2. The van der Waals surface area contributed by atoms with E-state index >= 15 is 0 Å². The Bertz CT molecular complexity index is 846. The number of benzene rings is 2. The van der Waals surface area contributed by atoms with Gasteiger partial charge in [0.1, 0.15) is 0 Å². The van der Waals surface area contributed by atoms with Gasteiger partial charge < -0.3 is 0 Å². The number of unbranched alkanes of at least 4 members (excludes halogenated alkanes) is 16. The summed E-state index contributed by atoms with van der Waals surface area (Å²) in [5, 5.41) is 0. The predicted molar refractivity (Wildman–Crippen MR) is 197 cm³/mol. The second-order valence-corrected chi connectivity index (χ2v) is 13.5. The van der Waals surface area contributed by atoms with E-state index in [2.05, 4.69) is 86.0 Å². The van der Waals surface area contributed by atoms with Crippen LogP contribution in [0.1, 0.15) is 167 Å². The molecule has 2 rings (SSSR count). The molecule has 0 amide bonds. The van der Waals surface area contributed by atoms with Crippen molar-refractivity contribution in [1.82, 2.24) is 9.80 Å². The van der Waals surface area contributed by atoms with Crippen molar-refractivity contribution in [3.05, 3.63) is 59.7 Å². The molecule has 0 unspecified atom stereocenters. The van der Waals surface area contributed by atoms with Gasteiger partial charge in [-0.05, 0) is 74.1 Å². The van der Waals surface area contributed by atoms with Gasteiger partial charge >= 0.3 is 0 Å².